The van der Waals surface area contributed by atoms with Gasteiger partial charge >= 0.3 is 68.5 Å². The van der Waals surface area contributed by atoms with Crippen molar-refractivity contribution in [2.24, 2.45) is 0 Å². The molecule has 4 nitrogen and oxygen atoms in total. The SMILES string of the molecule is O=P([O-])([O-])[O-].[K+].[Se+2]. The van der Waals surface area contributed by atoms with Crippen molar-refractivity contribution in [2.45, 2.75) is 0 Å². The van der Waals surface area contributed by atoms with Gasteiger partial charge in [-0.15, -0.1) is 0 Å². The van der Waals surface area contributed by atoms with Crippen LogP contribution in [0.4, 0.5) is 0 Å². The average molecular weight is 213 g/mol. The van der Waals surface area contributed by atoms with Crippen LogP contribution in [0.3, 0.4) is 0 Å². The van der Waals surface area contributed by atoms with E-state index in [1.165, 1.54) is 0 Å². The molecule has 0 fully saturated rings. The van der Waals surface area contributed by atoms with E-state index in [1.54, 1.807) is 0 Å². The van der Waals surface area contributed by atoms with Crippen LogP contribution in [0.25, 0.3) is 0 Å². The Labute approximate surface area is 93.8 Å². The van der Waals surface area contributed by atoms with E-state index in [0.717, 1.165) is 0 Å². The molecule has 0 aromatic heterocycles. The fourth-order valence-electron chi connectivity index (χ4n) is 0. The maximum Gasteiger partial charge on any atom is 2.00 e. The molecule has 0 amide bonds. The second-order valence-corrected chi connectivity index (χ2v) is 1.34. The van der Waals surface area contributed by atoms with Gasteiger partial charge < -0.3 is 19.2 Å². The van der Waals surface area contributed by atoms with Gasteiger partial charge in [0.05, 0.1) is 0 Å². The summed E-state index contributed by atoms with van der Waals surface area (Å²) in [6, 6.07) is 0. The molecular weight excluding hydrogens is 213 g/mol. The number of hydrogen-bond donors (Lipinski definition) is 0. The second-order valence-electron chi connectivity index (χ2n) is 0.447. The van der Waals surface area contributed by atoms with Crippen molar-refractivity contribution < 1.29 is 70.6 Å². The number of hydrogen-bond acceptors (Lipinski definition) is 4. The summed E-state index contributed by atoms with van der Waals surface area (Å²) in [6.07, 6.45) is 0. The van der Waals surface area contributed by atoms with E-state index in [-0.39, 0.29) is 68.5 Å². The van der Waals surface area contributed by atoms with Gasteiger partial charge in [-0.2, -0.15) is 7.82 Å². The minimum absolute atomic E-state index is 0. The smallest absolute Gasteiger partial charge is 0.822 e. The Hall–Kier alpha value is 2.27. The third-order valence-electron chi connectivity index (χ3n) is 0. The fraction of sp³-hybridized carbons (Fsp3) is 0. The van der Waals surface area contributed by atoms with Gasteiger partial charge in [-0.25, -0.2) is 0 Å². The first-order chi connectivity index (χ1) is 2.00. The Kier molecular flexibility index (Phi) is 14.7. The first-order valence-corrected chi connectivity index (χ1v) is 2.19. The number of rotatable bonds is 0. The van der Waals surface area contributed by atoms with Gasteiger partial charge in [0.2, 0.25) is 0 Å². The molecule has 7 heavy (non-hydrogen) atoms. The van der Waals surface area contributed by atoms with Crippen molar-refractivity contribution in [3.8, 4) is 0 Å². The van der Waals surface area contributed by atoms with Crippen LogP contribution in [-0.4, -0.2) is 17.1 Å². The summed E-state index contributed by atoms with van der Waals surface area (Å²) >= 11 is 0. The molecule has 0 atom stereocenters. The third-order valence-corrected chi connectivity index (χ3v) is 0. The maximum atomic E-state index is 8.55. The van der Waals surface area contributed by atoms with Gasteiger partial charge in [0.25, 0.3) is 0 Å². The zero-order valence-electron chi connectivity index (χ0n) is 3.49. The monoisotopic (exact) mass is 214 g/mol. The van der Waals surface area contributed by atoms with Crippen molar-refractivity contribution in [1.82, 2.24) is 0 Å². The zero-order chi connectivity index (χ0) is 4.50. The van der Waals surface area contributed by atoms with Gasteiger partial charge in [0.15, 0.2) is 0 Å². The Balaban J connectivity index is -0.0000000800. The van der Waals surface area contributed by atoms with E-state index < -0.39 is 7.82 Å². The molecule has 4 radical (unpaired) electrons. The summed E-state index contributed by atoms with van der Waals surface area (Å²) in [7, 11) is -5.39. The van der Waals surface area contributed by atoms with E-state index in [4.69, 9.17) is 19.2 Å². The normalized spacial score (nSPS) is 8.43. The molecule has 0 saturated carbocycles. The number of phosphoric acid groups is 1. The second kappa shape index (κ2) is 6.39. The molecule has 0 rings (SSSR count). The average Bonchev–Trinajstić information content (AvgIpc) is 0.722. The minimum Gasteiger partial charge on any atom is -0.822 e. The first kappa shape index (κ1) is 16.1. The van der Waals surface area contributed by atoms with Crippen LogP contribution in [0.15, 0.2) is 0 Å². The van der Waals surface area contributed by atoms with Crippen molar-refractivity contribution in [3.63, 3.8) is 0 Å². The van der Waals surface area contributed by atoms with Crippen molar-refractivity contribution in [3.05, 3.63) is 0 Å². The van der Waals surface area contributed by atoms with Crippen LogP contribution in [0.1, 0.15) is 0 Å². The van der Waals surface area contributed by atoms with Crippen LogP contribution in [0, 0.1) is 0 Å². The first-order valence-electron chi connectivity index (χ1n) is 0.730. The summed E-state index contributed by atoms with van der Waals surface area (Å²) in [5.74, 6) is 0. The molecule has 0 aliphatic heterocycles. The van der Waals surface area contributed by atoms with Crippen molar-refractivity contribution in [2.75, 3.05) is 0 Å². The molecule has 0 aliphatic carbocycles. The molecule has 0 aromatic carbocycles. The molecule has 7 heteroatoms. The van der Waals surface area contributed by atoms with Gasteiger partial charge in [-0.1, -0.05) is 0 Å². The zero-order valence-corrected chi connectivity index (χ0v) is 9.22. The van der Waals surface area contributed by atoms with Crippen LogP contribution in [-0.2, 0) is 4.57 Å². The molecule has 0 spiro atoms. The molecule has 0 bridgehead atoms. The maximum absolute atomic E-state index is 8.55. The molecule has 0 heterocycles. The standard InChI is InChI=1S/K.H3O4P.Se/c;1-5(2,3)4;/h;(H3,1,2,3,4);/q+1;;+2/p-3. The fourth-order valence-corrected chi connectivity index (χ4v) is 0. The van der Waals surface area contributed by atoms with Crippen LogP contribution < -0.4 is 66.1 Å². The van der Waals surface area contributed by atoms with Crippen molar-refractivity contribution in [1.29, 1.82) is 0 Å². The summed E-state index contributed by atoms with van der Waals surface area (Å²) in [5.41, 5.74) is 0. The van der Waals surface area contributed by atoms with Crippen LogP contribution in [0.2, 0.25) is 0 Å². The molecule has 0 aliphatic rings. The van der Waals surface area contributed by atoms with E-state index in [0.29, 0.717) is 0 Å². The third kappa shape index (κ3) is 63.2. The molecule has 0 N–H and O–H groups in total. The van der Waals surface area contributed by atoms with Crippen LogP contribution >= 0.6 is 7.82 Å². The Morgan fingerprint density at radius 2 is 1.14 bits per heavy atom. The summed E-state index contributed by atoms with van der Waals surface area (Å²) in [5, 5.41) is 0. The molecule has 0 unspecified atom stereocenters. The Morgan fingerprint density at radius 1 is 1.14 bits per heavy atom. The van der Waals surface area contributed by atoms with E-state index in [2.05, 4.69) is 0 Å². The van der Waals surface area contributed by atoms with E-state index >= 15 is 0 Å². The minimum atomic E-state index is -5.39. The Bertz CT molecular complexity index is 57.8. The molecule has 0 aromatic rings. The summed E-state index contributed by atoms with van der Waals surface area (Å²) < 4.78 is 8.55. The van der Waals surface area contributed by atoms with Crippen molar-refractivity contribution >= 4 is 24.9 Å². The predicted molar refractivity (Wildman–Crippen MR) is 13.4 cm³/mol. The van der Waals surface area contributed by atoms with Gasteiger partial charge in [0.1, 0.15) is 0 Å². The van der Waals surface area contributed by atoms with Gasteiger partial charge in [-0.3, -0.25) is 0 Å². The largest absolute Gasteiger partial charge is 2.00 e. The van der Waals surface area contributed by atoms with E-state index in [9.17, 15) is 0 Å². The quantitative estimate of drug-likeness (QED) is 0.296. The molecular formula is KO4PSe. The predicted octanol–water partition coefficient (Wildman–Crippen LogP) is -6.20. The Morgan fingerprint density at radius 3 is 1.14 bits per heavy atom. The topological polar surface area (TPSA) is 86.2 Å². The summed E-state index contributed by atoms with van der Waals surface area (Å²) in [4.78, 5) is 25.6. The molecule has 0 saturated heterocycles. The van der Waals surface area contributed by atoms with E-state index in [1.807, 2.05) is 0 Å². The summed E-state index contributed by atoms with van der Waals surface area (Å²) in [6.45, 7) is 0. The molecule has 36 valence electrons. The van der Waals surface area contributed by atoms with Crippen LogP contribution in [0.5, 0.6) is 0 Å². The van der Waals surface area contributed by atoms with Gasteiger partial charge in [-0.05, 0) is 0 Å². The van der Waals surface area contributed by atoms with Gasteiger partial charge in [0, 0.05) is 0 Å².